The molecule has 2 N–H and O–H groups in total. The molecule has 204 valence electrons. The summed E-state index contributed by atoms with van der Waals surface area (Å²) in [5.41, 5.74) is 7.51. The van der Waals surface area contributed by atoms with Gasteiger partial charge in [-0.1, -0.05) is 24.3 Å². The predicted molar refractivity (Wildman–Crippen MR) is 149 cm³/mol. The minimum absolute atomic E-state index is 0.0126. The molecule has 1 aliphatic heterocycles. The Kier molecular flexibility index (Phi) is 8.55. The molecule has 10 heteroatoms. The summed E-state index contributed by atoms with van der Waals surface area (Å²) in [5, 5.41) is 0. The molecule has 1 aromatic heterocycles. The van der Waals surface area contributed by atoms with E-state index in [9.17, 15) is 14.4 Å². The van der Waals surface area contributed by atoms with Gasteiger partial charge < -0.3 is 24.7 Å². The number of carbonyl (C=O) groups excluding carboxylic acids is 2. The van der Waals surface area contributed by atoms with Crippen LogP contribution in [0.5, 0.6) is 11.5 Å². The van der Waals surface area contributed by atoms with Crippen LogP contribution >= 0.6 is 11.3 Å². The van der Waals surface area contributed by atoms with Gasteiger partial charge in [-0.05, 0) is 62.2 Å². The van der Waals surface area contributed by atoms with E-state index < -0.39 is 23.4 Å². The second-order valence-electron chi connectivity index (χ2n) is 8.42. The molecule has 0 saturated heterocycles. The highest BCUT2D eigenvalue weighted by Gasteiger charge is 2.39. The minimum Gasteiger partial charge on any atom is -0.494 e. The molecule has 0 amide bonds. The molecule has 0 spiro atoms. The first kappa shape index (κ1) is 27.7. The van der Waals surface area contributed by atoms with Crippen LogP contribution in [0.3, 0.4) is 0 Å². The summed E-state index contributed by atoms with van der Waals surface area (Å²) in [6, 6.07) is 14.2. The number of aromatic nitrogens is 1. The van der Waals surface area contributed by atoms with E-state index in [4.69, 9.17) is 24.7 Å². The average molecular weight is 551 g/mol. The monoisotopic (exact) mass is 550 g/mol. The van der Waals surface area contributed by atoms with Gasteiger partial charge in [0.05, 0.1) is 48.5 Å². The van der Waals surface area contributed by atoms with E-state index >= 15 is 0 Å². The van der Waals surface area contributed by atoms with Crippen molar-refractivity contribution in [2.45, 2.75) is 26.7 Å². The Balaban J connectivity index is 2.01. The lowest BCUT2D eigenvalue weighted by atomic mass is 9.83. The molecule has 4 rings (SSSR count). The molecule has 1 atom stereocenters. The molecule has 2 heterocycles. The third-order valence-electron chi connectivity index (χ3n) is 6.06. The Bertz CT molecular complexity index is 1580. The summed E-state index contributed by atoms with van der Waals surface area (Å²) in [5.74, 6) is -1.10. The average Bonchev–Trinajstić information content (AvgIpc) is 3.25. The van der Waals surface area contributed by atoms with Gasteiger partial charge in [0.25, 0.3) is 5.56 Å². The first-order valence-corrected chi connectivity index (χ1v) is 13.3. The molecule has 9 nitrogen and oxygen atoms in total. The molecule has 0 radical (unpaired) electrons. The predicted octanol–water partition coefficient (Wildman–Crippen LogP) is 2.35. The third kappa shape index (κ3) is 5.46. The van der Waals surface area contributed by atoms with Crippen LogP contribution in [-0.2, 0) is 19.1 Å². The molecule has 0 saturated carbocycles. The van der Waals surface area contributed by atoms with Gasteiger partial charge in [-0.15, -0.1) is 11.3 Å². The largest absolute Gasteiger partial charge is 0.494 e. The Labute approximate surface area is 229 Å². The van der Waals surface area contributed by atoms with Crippen molar-refractivity contribution in [1.29, 1.82) is 0 Å². The van der Waals surface area contributed by atoms with Gasteiger partial charge in [0.1, 0.15) is 22.0 Å². The molecule has 0 unspecified atom stereocenters. The number of carbonyl (C=O) groups is 2. The van der Waals surface area contributed by atoms with Crippen LogP contribution in [0, 0.1) is 0 Å². The van der Waals surface area contributed by atoms with Crippen molar-refractivity contribution in [3.05, 3.63) is 84.8 Å². The summed E-state index contributed by atoms with van der Waals surface area (Å²) < 4.78 is 23.3. The number of fused-ring (bicyclic) bond motifs is 1. The molecule has 0 bridgehead atoms. The van der Waals surface area contributed by atoms with Crippen LogP contribution in [0.4, 0.5) is 0 Å². The molecule has 0 fully saturated rings. The molecule has 39 heavy (non-hydrogen) atoms. The van der Waals surface area contributed by atoms with Gasteiger partial charge in [-0.3, -0.25) is 9.36 Å². The van der Waals surface area contributed by atoms with Crippen LogP contribution in [0.15, 0.2) is 58.9 Å². The topological polar surface area (TPSA) is 119 Å². The zero-order chi connectivity index (χ0) is 28.1. The SMILES string of the molecule is CCOC(=O)C1=C(N)n2c(sc(=Cc3ccc(OCC)cc3)c2=O)=C(C(=O)OC)[C@H]1c1ccc(OCC)cc1. The van der Waals surface area contributed by atoms with E-state index in [0.717, 1.165) is 16.9 Å². The van der Waals surface area contributed by atoms with Crippen molar-refractivity contribution in [3.63, 3.8) is 0 Å². The molecule has 2 aromatic carbocycles. The smallest absolute Gasteiger partial charge is 0.338 e. The van der Waals surface area contributed by atoms with Crippen molar-refractivity contribution < 1.29 is 28.5 Å². The van der Waals surface area contributed by atoms with Crippen molar-refractivity contribution in [1.82, 2.24) is 4.57 Å². The number of thiazole rings is 1. The Hall–Kier alpha value is -4.31. The van der Waals surface area contributed by atoms with E-state index in [2.05, 4.69) is 0 Å². The number of rotatable bonds is 9. The maximum atomic E-state index is 13.6. The summed E-state index contributed by atoms with van der Waals surface area (Å²) in [4.78, 5) is 40.1. The highest BCUT2D eigenvalue weighted by molar-refractivity contribution is 7.07. The quantitative estimate of drug-likeness (QED) is 0.404. The van der Waals surface area contributed by atoms with Gasteiger partial charge in [0.15, 0.2) is 0 Å². The first-order valence-electron chi connectivity index (χ1n) is 12.5. The van der Waals surface area contributed by atoms with E-state index in [1.54, 1.807) is 37.3 Å². The highest BCUT2D eigenvalue weighted by Crippen LogP contribution is 2.38. The summed E-state index contributed by atoms with van der Waals surface area (Å²) in [7, 11) is 1.25. The lowest BCUT2D eigenvalue weighted by molar-refractivity contribution is -0.138. The minimum atomic E-state index is -0.927. The highest BCUT2D eigenvalue weighted by atomic mass is 32.1. The van der Waals surface area contributed by atoms with Crippen molar-refractivity contribution in [3.8, 4) is 11.5 Å². The van der Waals surface area contributed by atoms with Gasteiger partial charge in [-0.25, -0.2) is 9.59 Å². The zero-order valence-electron chi connectivity index (χ0n) is 22.2. The molecule has 1 aliphatic rings. The van der Waals surface area contributed by atoms with Crippen molar-refractivity contribution >= 4 is 40.7 Å². The van der Waals surface area contributed by atoms with Crippen LogP contribution in [0.2, 0.25) is 0 Å². The number of nitrogens with zero attached hydrogens (tertiary/aromatic N) is 1. The number of esters is 2. The number of hydrogen-bond acceptors (Lipinski definition) is 9. The summed E-state index contributed by atoms with van der Waals surface area (Å²) in [6.45, 7) is 6.55. The lowest BCUT2D eigenvalue weighted by Gasteiger charge is -2.27. The number of nitrogens with two attached hydrogens (primary N) is 1. The van der Waals surface area contributed by atoms with Gasteiger partial charge in [-0.2, -0.15) is 0 Å². The second-order valence-corrected chi connectivity index (χ2v) is 9.45. The zero-order valence-corrected chi connectivity index (χ0v) is 23.0. The number of methoxy groups -OCH3 is 1. The lowest BCUT2D eigenvalue weighted by Crippen LogP contribution is -2.41. The fourth-order valence-electron chi connectivity index (χ4n) is 4.40. The third-order valence-corrected chi connectivity index (χ3v) is 7.17. The van der Waals surface area contributed by atoms with E-state index in [1.165, 1.54) is 11.7 Å². The maximum Gasteiger partial charge on any atom is 0.338 e. The van der Waals surface area contributed by atoms with E-state index in [-0.39, 0.29) is 28.2 Å². The number of hydrogen-bond donors (Lipinski definition) is 1. The number of ether oxygens (including phenoxy) is 4. The normalized spacial score (nSPS) is 15.1. The fraction of sp³-hybridized carbons (Fsp3) is 0.276. The Morgan fingerprint density at radius 3 is 2.03 bits per heavy atom. The maximum absolute atomic E-state index is 13.6. The van der Waals surface area contributed by atoms with Gasteiger partial charge >= 0.3 is 11.9 Å². The Morgan fingerprint density at radius 2 is 1.49 bits per heavy atom. The van der Waals surface area contributed by atoms with Gasteiger partial charge in [0, 0.05) is 0 Å². The van der Waals surface area contributed by atoms with Crippen LogP contribution < -0.4 is 30.0 Å². The van der Waals surface area contributed by atoms with E-state index in [0.29, 0.717) is 34.8 Å². The van der Waals surface area contributed by atoms with Crippen LogP contribution in [0.25, 0.3) is 17.5 Å². The van der Waals surface area contributed by atoms with Crippen LogP contribution in [0.1, 0.15) is 37.8 Å². The van der Waals surface area contributed by atoms with Crippen molar-refractivity contribution in [2.75, 3.05) is 26.9 Å². The summed E-state index contributed by atoms with van der Waals surface area (Å²) in [6.07, 6.45) is 1.70. The number of benzene rings is 2. The molecular formula is C29H30N2O7S. The van der Waals surface area contributed by atoms with Gasteiger partial charge in [0.2, 0.25) is 0 Å². The molecular weight excluding hydrogens is 520 g/mol. The summed E-state index contributed by atoms with van der Waals surface area (Å²) >= 11 is 1.10. The standard InChI is InChI=1S/C29H30N2O7S/c1-5-36-19-12-8-17(9-13-19)16-21-26(32)31-25(30)23(29(34)38-7-3)22(24(27(31)39-21)28(33)35-4)18-10-14-20(15-11-18)37-6-2/h8-16,22H,5-7,30H2,1-4H3/t22-/m0/s1. The van der Waals surface area contributed by atoms with Crippen LogP contribution in [-0.4, -0.2) is 43.4 Å². The molecule has 3 aromatic rings. The Morgan fingerprint density at radius 1 is 0.897 bits per heavy atom. The molecule has 0 aliphatic carbocycles. The van der Waals surface area contributed by atoms with E-state index in [1.807, 2.05) is 38.1 Å². The second kappa shape index (κ2) is 12.0. The van der Waals surface area contributed by atoms with Crippen molar-refractivity contribution in [2.24, 2.45) is 5.73 Å². The fourth-order valence-corrected chi connectivity index (χ4v) is 5.56. The first-order chi connectivity index (χ1) is 18.8.